The monoisotopic (exact) mass is 231 g/mol. The van der Waals surface area contributed by atoms with Crippen molar-refractivity contribution in [1.29, 1.82) is 0 Å². The maximum Gasteiger partial charge on any atom is 0.00255 e. The Hall–Kier alpha value is -0.820. The summed E-state index contributed by atoms with van der Waals surface area (Å²) in [5.41, 5.74) is 3.28. The van der Waals surface area contributed by atoms with Crippen LogP contribution in [0.2, 0.25) is 0 Å². The molecule has 0 radical (unpaired) electrons. The van der Waals surface area contributed by atoms with Crippen LogP contribution in [-0.4, -0.2) is 13.1 Å². The molecular weight excluding hydrogens is 206 g/mol. The third-order valence-electron chi connectivity index (χ3n) is 4.78. The Kier molecular flexibility index (Phi) is 3.58. The lowest BCUT2D eigenvalue weighted by atomic mass is 9.63. The van der Waals surface area contributed by atoms with E-state index in [4.69, 9.17) is 0 Å². The largest absolute Gasteiger partial charge is 0.316 e. The van der Waals surface area contributed by atoms with Crippen LogP contribution in [-0.2, 0) is 0 Å². The van der Waals surface area contributed by atoms with Crippen molar-refractivity contribution in [3.8, 4) is 0 Å². The lowest BCUT2D eigenvalue weighted by molar-refractivity contribution is 0.120. The molecule has 0 bridgehead atoms. The van der Waals surface area contributed by atoms with E-state index in [1.54, 1.807) is 0 Å². The van der Waals surface area contributed by atoms with Crippen LogP contribution in [0.15, 0.2) is 24.3 Å². The summed E-state index contributed by atoms with van der Waals surface area (Å²) < 4.78 is 0. The molecule has 0 aromatic heterocycles. The first kappa shape index (κ1) is 12.6. The van der Waals surface area contributed by atoms with E-state index in [-0.39, 0.29) is 0 Å². The van der Waals surface area contributed by atoms with Crippen molar-refractivity contribution in [2.24, 2.45) is 11.3 Å². The molecule has 1 aromatic carbocycles. The third kappa shape index (κ3) is 2.40. The normalized spacial score (nSPS) is 29.6. The fourth-order valence-electron chi connectivity index (χ4n) is 3.00. The van der Waals surface area contributed by atoms with Crippen molar-refractivity contribution < 1.29 is 0 Å². The molecule has 2 atom stereocenters. The van der Waals surface area contributed by atoms with Crippen LogP contribution < -0.4 is 5.32 Å². The molecule has 1 heteroatoms. The Morgan fingerprint density at radius 3 is 2.47 bits per heavy atom. The quantitative estimate of drug-likeness (QED) is 0.817. The van der Waals surface area contributed by atoms with Gasteiger partial charge in [0, 0.05) is 12.5 Å². The first-order valence-corrected chi connectivity index (χ1v) is 6.81. The number of nitrogens with one attached hydrogen (secondary N) is 1. The highest BCUT2D eigenvalue weighted by atomic mass is 14.9. The van der Waals surface area contributed by atoms with Crippen LogP contribution in [0.1, 0.15) is 44.2 Å². The van der Waals surface area contributed by atoms with Crippen molar-refractivity contribution in [2.45, 2.75) is 40.0 Å². The molecule has 1 fully saturated rings. The Morgan fingerprint density at radius 2 is 1.88 bits per heavy atom. The van der Waals surface area contributed by atoms with Crippen LogP contribution >= 0.6 is 0 Å². The minimum Gasteiger partial charge on any atom is -0.316 e. The highest BCUT2D eigenvalue weighted by Gasteiger charge is 2.39. The summed E-state index contributed by atoms with van der Waals surface area (Å²) in [5.74, 6) is 1.38. The summed E-state index contributed by atoms with van der Waals surface area (Å²) in [6, 6.07) is 9.11. The van der Waals surface area contributed by atoms with E-state index in [2.05, 4.69) is 57.3 Å². The molecule has 1 aliphatic heterocycles. The minimum absolute atomic E-state index is 0.431. The summed E-state index contributed by atoms with van der Waals surface area (Å²) in [6.07, 6.45) is 1.28. The van der Waals surface area contributed by atoms with Gasteiger partial charge in [0.25, 0.3) is 0 Å². The molecule has 1 aromatic rings. The van der Waals surface area contributed by atoms with Crippen LogP contribution in [0.3, 0.4) is 0 Å². The zero-order valence-corrected chi connectivity index (χ0v) is 11.6. The number of hydrogen-bond acceptors (Lipinski definition) is 1. The van der Waals surface area contributed by atoms with Gasteiger partial charge in [-0.2, -0.15) is 0 Å². The second-order valence-corrected chi connectivity index (χ2v) is 6.08. The number of rotatable bonds is 2. The van der Waals surface area contributed by atoms with Gasteiger partial charge in [0.2, 0.25) is 0 Å². The molecule has 2 unspecified atom stereocenters. The molecule has 1 saturated heterocycles. The highest BCUT2D eigenvalue weighted by Crippen LogP contribution is 2.45. The van der Waals surface area contributed by atoms with Crippen molar-refractivity contribution in [3.63, 3.8) is 0 Å². The molecule has 1 N–H and O–H groups in total. The summed E-state index contributed by atoms with van der Waals surface area (Å²) in [4.78, 5) is 0. The second kappa shape index (κ2) is 4.81. The van der Waals surface area contributed by atoms with Gasteiger partial charge in [0.05, 0.1) is 0 Å². The van der Waals surface area contributed by atoms with Gasteiger partial charge < -0.3 is 5.32 Å². The van der Waals surface area contributed by atoms with Crippen LogP contribution in [0.4, 0.5) is 0 Å². The van der Waals surface area contributed by atoms with Crippen molar-refractivity contribution >= 4 is 0 Å². The number of piperidine rings is 1. The molecule has 0 amide bonds. The molecule has 1 heterocycles. The summed E-state index contributed by atoms with van der Waals surface area (Å²) in [7, 11) is 0. The first-order valence-electron chi connectivity index (χ1n) is 6.81. The zero-order valence-electron chi connectivity index (χ0n) is 11.6. The molecule has 1 aliphatic rings. The van der Waals surface area contributed by atoms with E-state index in [1.165, 1.54) is 17.5 Å². The number of aryl methyl sites for hydroxylation is 1. The topological polar surface area (TPSA) is 12.0 Å². The lowest BCUT2D eigenvalue weighted by Gasteiger charge is -2.45. The average molecular weight is 231 g/mol. The van der Waals surface area contributed by atoms with E-state index in [0.717, 1.165) is 19.0 Å². The van der Waals surface area contributed by atoms with Gasteiger partial charge >= 0.3 is 0 Å². The fraction of sp³-hybridized carbons (Fsp3) is 0.625. The maximum absolute atomic E-state index is 3.56. The van der Waals surface area contributed by atoms with Gasteiger partial charge in [-0.25, -0.2) is 0 Å². The molecule has 2 rings (SSSR count). The van der Waals surface area contributed by atoms with Gasteiger partial charge in [-0.15, -0.1) is 0 Å². The zero-order chi connectivity index (χ0) is 12.5. The maximum atomic E-state index is 3.56. The van der Waals surface area contributed by atoms with Crippen LogP contribution in [0.5, 0.6) is 0 Å². The van der Waals surface area contributed by atoms with Crippen molar-refractivity contribution in [3.05, 3.63) is 35.4 Å². The van der Waals surface area contributed by atoms with Gasteiger partial charge in [-0.3, -0.25) is 0 Å². The molecule has 1 nitrogen and oxygen atoms in total. The van der Waals surface area contributed by atoms with Gasteiger partial charge in [0.1, 0.15) is 0 Å². The average Bonchev–Trinajstić information content (AvgIpc) is 2.31. The minimum atomic E-state index is 0.431. The predicted molar refractivity (Wildman–Crippen MR) is 74.4 cm³/mol. The molecule has 0 aliphatic carbocycles. The van der Waals surface area contributed by atoms with Crippen LogP contribution in [0.25, 0.3) is 0 Å². The molecule has 0 spiro atoms. The van der Waals surface area contributed by atoms with E-state index in [9.17, 15) is 0 Å². The lowest BCUT2D eigenvalue weighted by Crippen LogP contribution is -2.44. The molecule has 17 heavy (non-hydrogen) atoms. The number of hydrogen-bond donors (Lipinski definition) is 1. The molecular formula is C16H25N. The Balaban J connectivity index is 2.31. The number of benzene rings is 1. The van der Waals surface area contributed by atoms with E-state index in [0.29, 0.717) is 11.3 Å². The van der Waals surface area contributed by atoms with Crippen molar-refractivity contribution in [2.75, 3.05) is 13.1 Å². The van der Waals surface area contributed by atoms with E-state index < -0.39 is 0 Å². The Bertz CT molecular complexity index is 366. The summed E-state index contributed by atoms with van der Waals surface area (Å²) in [5, 5.41) is 3.56. The third-order valence-corrected chi connectivity index (χ3v) is 4.78. The summed E-state index contributed by atoms with van der Waals surface area (Å²) in [6.45, 7) is 11.6. The van der Waals surface area contributed by atoms with Gasteiger partial charge in [-0.1, -0.05) is 50.6 Å². The molecule has 0 saturated carbocycles. The van der Waals surface area contributed by atoms with Gasteiger partial charge in [0.15, 0.2) is 0 Å². The Morgan fingerprint density at radius 1 is 1.24 bits per heavy atom. The Labute approximate surface area is 106 Å². The SMILES string of the molecule is Cc1ccc(C2CNCCC2(C)C(C)C)cc1. The standard InChI is InChI=1S/C16H25N/c1-12(2)16(4)9-10-17-11-15(16)14-7-5-13(3)6-8-14/h5-8,12,15,17H,9-11H2,1-4H3. The molecule has 94 valence electrons. The summed E-state index contributed by atoms with van der Waals surface area (Å²) >= 11 is 0. The van der Waals surface area contributed by atoms with Gasteiger partial charge in [-0.05, 0) is 36.8 Å². The van der Waals surface area contributed by atoms with E-state index >= 15 is 0 Å². The van der Waals surface area contributed by atoms with Crippen LogP contribution in [0, 0.1) is 18.3 Å². The predicted octanol–water partition coefficient (Wildman–Crippen LogP) is 3.73. The second-order valence-electron chi connectivity index (χ2n) is 6.08. The highest BCUT2D eigenvalue weighted by molar-refractivity contribution is 5.27. The smallest absolute Gasteiger partial charge is 0.00255 e. The fourth-order valence-corrected chi connectivity index (χ4v) is 3.00. The first-order chi connectivity index (χ1) is 8.04. The van der Waals surface area contributed by atoms with Crippen molar-refractivity contribution in [1.82, 2.24) is 5.32 Å². The van der Waals surface area contributed by atoms with E-state index in [1.807, 2.05) is 0 Å².